The summed E-state index contributed by atoms with van der Waals surface area (Å²) in [6.07, 6.45) is 3.14. The van der Waals surface area contributed by atoms with E-state index in [0.29, 0.717) is 6.04 Å². The number of aromatic amines is 1. The molecule has 0 fully saturated rings. The van der Waals surface area contributed by atoms with Crippen LogP contribution in [-0.4, -0.2) is 11.0 Å². The Bertz CT molecular complexity index is 715. The van der Waals surface area contributed by atoms with Crippen molar-refractivity contribution in [1.29, 1.82) is 0 Å². The third kappa shape index (κ3) is 3.55. The fraction of sp³-hybridized carbons (Fsp3) is 0.222. The van der Waals surface area contributed by atoms with E-state index in [1.54, 1.807) is 0 Å². The summed E-state index contributed by atoms with van der Waals surface area (Å²) in [4.78, 5) is 3.32. The van der Waals surface area contributed by atoms with Crippen LogP contribution in [0.25, 0.3) is 10.9 Å². The quantitative estimate of drug-likeness (QED) is 0.693. The highest BCUT2D eigenvalue weighted by atomic mass is 79.9. The topological polar surface area (TPSA) is 27.8 Å². The minimum Gasteiger partial charge on any atom is -0.361 e. The minimum absolute atomic E-state index is 0.444. The monoisotopic (exact) mass is 342 g/mol. The maximum atomic E-state index is 3.61. The lowest BCUT2D eigenvalue weighted by atomic mass is 10.1. The molecule has 3 rings (SSSR count). The van der Waals surface area contributed by atoms with Gasteiger partial charge in [-0.15, -0.1) is 0 Å². The van der Waals surface area contributed by atoms with E-state index in [1.165, 1.54) is 22.0 Å². The molecule has 0 saturated heterocycles. The third-order valence-corrected chi connectivity index (χ3v) is 4.30. The standard InChI is InChI=1S/C18H19BrN2/c1-13(10-14-6-8-16(19)9-7-14)20-11-15-12-21-18-5-3-2-4-17(15)18/h2-9,12-13,20-21H,10-11H2,1H3. The summed E-state index contributed by atoms with van der Waals surface area (Å²) >= 11 is 3.47. The van der Waals surface area contributed by atoms with E-state index in [1.807, 2.05) is 0 Å². The molecule has 0 saturated carbocycles. The average Bonchev–Trinajstić information content (AvgIpc) is 2.91. The summed E-state index contributed by atoms with van der Waals surface area (Å²) in [5, 5.41) is 4.91. The van der Waals surface area contributed by atoms with Gasteiger partial charge in [-0.1, -0.05) is 46.3 Å². The van der Waals surface area contributed by atoms with Crippen molar-refractivity contribution in [3.05, 3.63) is 70.3 Å². The van der Waals surface area contributed by atoms with Gasteiger partial charge in [-0.3, -0.25) is 0 Å². The fourth-order valence-corrected chi connectivity index (χ4v) is 2.87. The van der Waals surface area contributed by atoms with Gasteiger partial charge in [-0.2, -0.15) is 0 Å². The summed E-state index contributed by atoms with van der Waals surface area (Å²) in [5.41, 5.74) is 3.89. The third-order valence-electron chi connectivity index (χ3n) is 3.77. The molecule has 0 aliphatic heterocycles. The van der Waals surface area contributed by atoms with Crippen LogP contribution in [0.4, 0.5) is 0 Å². The molecule has 2 nitrogen and oxygen atoms in total. The first kappa shape index (κ1) is 14.4. The Morgan fingerprint density at radius 1 is 1.10 bits per heavy atom. The van der Waals surface area contributed by atoms with Crippen molar-refractivity contribution in [2.45, 2.75) is 25.9 Å². The lowest BCUT2D eigenvalue weighted by Gasteiger charge is -2.13. The SMILES string of the molecule is CC(Cc1ccc(Br)cc1)NCc1c[nH]c2ccccc12. The van der Waals surface area contributed by atoms with Gasteiger partial charge in [0.1, 0.15) is 0 Å². The van der Waals surface area contributed by atoms with Crippen LogP contribution in [0, 0.1) is 0 Å². The van der Waals surface area contributed by atoms with Crippen molar-refractivity contribution in [3.8, 4) is 0 Å². The first-order valence-electron chi connectivity index (χ1n) is 7.25. The number of nitrogens with one attached hydrogen (secondary N) is 2. The maximum absolute atomic E-state index is 3.61. The number of fused-ring (bicyclic) bond motifs is 1. The lowest BCUT2D eigenvalue weighted by molar-refractivity contribution is 0.547. The summed E-state index contributed by atoms with van der Waals surface area (Å²) in [7, 11) is 0. The Labute approximate surface area is 133 Å². The van der Waals surface area contributed by atoms with Crippen LogP contribution in [0.3, 0.4) is 0 Å². The molecule has 3 heteroatoms. The predicted octanol–water partition coefficient (Wildman–Crippen LogP) is 4.65. The van der Waals surface area contributed by atoms with Gasteiger partial charge >= 0.3 is 0 Å². The van der Waals surface area contributed by atoms with Crippen LogP contribution in [0.2, 0.25) is 0 Å². The number of benzene rings is 2. The molecule has 0 aliphatic rings. The van der Waals surface area contributed by atoms with E-state index in [2.05, 4.69) is 87.9 Å². The number of H-pyrrole nitrogens is 1. The molecule has 1 heterocycles. The van der Waals surface area contributed by atoms with Crippen LogP contribution >= 0.6 is 15.9 Å². The van der Waals surface area contributed by atoms with Gasteiger partial charge in [0.15, 0.2) is 0 Å². The van der Waals surface area contributed by atoms with E-state index in [9.17, 15) is 0 Å². The Morgan fingerprint density at radius 2 is 1.86 bits per heavy atom. The molecular formula is C18H19BrN2. The number of hydrogen-bond acceptors (Lipinski definition) is 1. The highest BCUT2D eigenvalue weighted by molar-refractivity contribution is 9.10. The molecule has 2 N–H and O–H groups in total. The van der Waals surface area contributed by atoms with Gasteiger partial charge in [-0.05, 0) is 42.7 Å². The molecule has 0 radical (unpaired) electrons. The zero-order chi connectivity index (χ0) is 14.7. The summed E-state index contributed by atoms with van der Waals surface area (Å²) in [6.45, 7) is 3.12. The van der Waals surface area contributed by atoms with Gasteiger partial charge in [0.2, 0.25) is 0 Å². The Hall–Kier alpha value is -1.58. The molecular weight excluding hydrogens is 324 g/mol. The number of halogens is 1. The van der Waals surface area contributed by atoms with E-state index in [0.717, 1.165) is 17.4 Å². The lowest BCUT2D eigenvalue weighted by Crippen LogP contribution is -2.27. The number of para-hydroxylation sites is 1. The maximum Gasteiger partial charge on any atom is 0.0457 e. The fourth-order valence-electron chi connectivity index (χ4n) is 2.61. The van der Waals surface area contributed by atoms with E-state index >= 15 is 0 Å². The van der Waals surface area contributed by atoms with Crippen LogP contribution in [0.5, 0.6) is 0 Å². The Balaban J connectivity index is 1.60. The van der Waals surface area contributed by atoms with E-state index < -0.39 is 0 Å². The van der Waals surface area contributed by atoms with Crippen molar-refractivity contribution in [2.24, 2.45) is 0 Å². The predicted molar refractivity (Wildman–Crippen MR) is 92.4 cm³/mol. The van der Waals surface area contributed by atoms with Crippen LogP contribution in [0.1, 0.15) is 18.1 Å². The smallest absolute Gasteiger partial charge is 0.0457 e. The van der Waals surface area contributed by atoms with Crippen LogP contribution < -0.4 is 5.32 Å². The molecule has 0 spiro atoms. The van der Waals surface area contributed by atoms with Crippen LogP contribution in [-0.2, 0) is 13.0 Å². The summed E-state index contributed by atoms with van der Waals surface area (Å²) in [5.74, 6) is 0. The Kier molecular flexibility index (Phi) is 4.42. The van der Waals surface area contributed by atoms with Crippen molar-refractivity contribution in [2.75, 3.05) is 0 Å². The number of rotatable bonds is 5. The van der Waals surface area contributed by atoms with Gasteiger partial charge in [0, 0.05) is 34.2 Å². The van der Waals surface area contributed by atoms with E-state index in [-0.39, 0.29) is 0 Å². The number of aromatic nitrogens is 1. The first-order valence-corrected chi connectivity index (χ1v) is 8.04. The minimum atomic E-state index is 0.444. The molecule has 2 aromatic carbocycles. The van der Waals surface area contributed by atoms with E-state index in [4.69, 9.17) is 0 Å². The molecule has 0 amide bonds. The van der Waals surface area contributed by atoms with Crippen molar-refractivity contribution in [1.82, 2.24) is 10.3 Å². The molecule has 1 aromatic heterocycles. The van der Waals surface area contributed by atoms with Gasteiger partial charge in [0.05, 0.1) is 0 Å². The highest BCUT2D eigenvalue weighted by Gasteiger charge is 2.06. The van der Waals surface area contributed by atoms with Gasteiger partial charge in [-0.25, -0.2) is 0 Å². The van der Waals surface area contributed by atoms with Crippen LogP contribution in [0.15, 0.2) is 59.2 Å². The largest absolute Gasteiger partial charge is 0.361 e. The molecule has 1 unspecified atom stereocenters. The normalized spacial score (nSPS) is 12.7. The molecule has 0 bridgehead atoms. The van der Waals surface area contributed by atoms with Crippen molar-refractivity contribution >= 4 is 26.8 Å². The molecule has 3 aromatic rings. The van der Waals surface area contributed by atoms with Gasteiger partial charge in [0.25, 0.3) is 0 Å². The first-order chi connectivity index (χ1) is 10.2. The average molecular weight is 343 g/mol. The second-order valence-electron chi connectivity index (χ2n) is 5.47. The summed E-state index contributed by atoms with van der Waals surface area (Å²) < 4.78 is 1.13. The second kappa shape index (κ2) is 6.46. The number of hydrogen-bond donors (Lipinski definition) is 2. The molecule has 0 aliphatic carbocycles. The van der Waals surface area contributed by atoms with Crippen molar-refractivity contribution < 1.29 is 0 Å². The zero-order valence-corrected chi connectivity index (χ0v) is 13.7. The second-order valence-corrected chi connectivity index (χ2v) is 6.39. The Morgan fingerprint density at radius 3 is 2.67 bits per heavy atom. The molecule has 108 valence electrons. The van der Waals surface area contributed by atoms with Crippen molar-refractivity contribution in [3.63, 3.8) is 0 Å². The highest BCUT2D eigenvalue weighted by Crippen LogP contribution is 2.18. The molecule has 1 atom stereocenters. The molecule has 21 heavy (non-hydrogen) atoms. The van der Waals surface area contributed by atoms with Gasteiger partial charge < -0.3 is 10.3 Å². The zero-order valence-electron chi connectivity index (χ0n) is 12.1. The summed E-state index contributed by atoms with van der Waals surface area (Å²) in [6, 6.07) is 17.4.